The Morgan fingerprint density at radius 1 is 1.05 bits per heavy atom. The van der Waals surface area contributed by atoms with Crippen LogP contribution in [0.2, 0.25) is 0 Å². The topological polar surface area (TPSA) is 35.5 Å². The summed E-state index contributed by atoms with van der Waals surface area (Å²) < 4.78 is 10.6. The molecule has 3 nitrogen and oxygen atoms in total. The van der Waals surface area contributed by atoms with Crippen LogP contribution in [0, 0.1) is 0 Å². The molecule has 0 fully saturated rings. The van der Waals surface area contributed by atoms with E-state index < -0.39 is 0 Å². The van der Waals surface area contributed by atoms with E-state index in [1.54, 1.807) is 0 Å². The first-order chi connectivity index (χ1) is 9.74. The summed E-state index contributed by atoms with van der Waals surface area (Å²) in [6.07, 6.45) is 0.864. The second-order valence-corrected chi connectivity index (χ2v) is 4.45. The van der Waals surface area contributed by atoms with Gasteiger partial charge in [-0.2, -0.15) is 0 Å². The van der Waals surface area contributed by atoms with Crippen molar-refractivity contribution in [3.05, 3.63) is 65.2 Å². The van der Waals surface area contributed by atoms with Crippen molar-refractivity contribution in [2.75, 3.05) is 7.11 Å². The van der Waals surface area contributed by atoms with Gasteiger partial charge in [0.05, 0.1) is 7.11 Å². The van der Waals surface area contributed by atoms with Crippen LogP contribution in [0.1, 0.15) is 28.4 Å². The van der Waals surface area contributed by atoms with Crippen LogP contribution in [-0.2, 0) is 17.8 Å². The van der Waals surface area contributed by atoms with Gasteiger partial charge in [-0.1, -0.05) is 43.3 Å². The molecule has 0 unspecified atom stereocenters. The highest BCUT2D eigenvalue weighted by Gasteiger charge is 2.13. The van der Waals surface area contributed by atoms with Crippen LogP contribution in [0.25, 0.3) is 0 Å². The number of esters is 1. The van der Waals surface area contributed by atoms with Gasteiger partial charge in [-0.3, -0.25) is 0 Å². The molecule has 0 aliphatic heterocycles. The lowest BCUT2D eigenvalue weighted by atomic mass is 10.1. The third kappa shape index (κ3) is 3.38. The molecule has 0 aromatic heterocycles. The second kappa shape index (κ2) is 6.75. The van der Waals surface area contributed by atoms with Crippen LogP contribution >= 0.6 is 0 Å². The molecule has 0 aliphatic carbocycles. The van der Waals surface area contributed by atoms with Crippen molar-refractivity contribution in [2.45, 2.75) is 20.0 Å². The van der Waals surface area contributed by atoms with Gasteiger partial charge in [0, 0.05) is 0 Å². The van der Waals surface area contributed by atoms with Crippen molar-refractivity contribution in [1.82, 2.24) is 0 Å². The minimum absolute atomic E-state index is 0.372. The third-order valence-electron chi connectivity index (χ3n) is 3.09. The summed E-state index contributed by atoms with van der Waals surface area (Å²) in [5.74, 6) is 0.182. The van der Waals surface area contributed by atoms with Gasteiger partial charge in [0.15, 0.2) is 0 Å². The lowest BCUT2D eigenvalue weighted by Gasteiger charge is -2.11. The van der Waals surface area contributed by atoms with E-state index in [0.29, 0.717) is 17.9 Å². The molecule has 0 aliphatic rings. The summed E-state index contributed by atoms with van der Waals surface area (Å²) in [6, 6.07) is 15.5. The predicted molar refractivity (Wildman–Crippen MR) is 77.9 cm³/mol. The molecule has 2 aromatic rings. The van der Waals surface area contributed by atoms with Crippen LogP contribution in [0.4, 0.5) is 0 Å². The van der Waals surface area contributed by atoms with E-state index in [2.05, 4.69) is 0 Å². The Hall–Kier alpha value is -2.29. The standard InChI is InChI=1S/C17H18O3/c1-3-13-9-10-16(15(11-13)17(18)19-2)20-12-14-7-5-4-6-8-14/h4-11H,3,12H2,1-2H3. The summed E-state index contributed by atoms with van der Waals surface area (Å²) in [5.41, 5.74) is 2.61. The smallest absolute Gasteiger partial charge is 0.341 e. The van der Waals surface area contributed by atoms with Crippen molar-refractivity contribution < 1.29 is 14.3 Å². The molecule has 0 N–H and O–H groups in total. The zero-order chi connectivity index (χ0) is 14.4. The minimum atomic E-state index is -0.372. The number of rotatable bonds is 5. The van der Waals surface area contributed by atoms with E-state index >= 15 is 0 Å². The Morgan fingerprint density at radius 2 is 1.80 bits per heavy atom. The molecular formula is C17H18O3. The van der Waals surface area contributed by atoms with Gasteiger partial charge in [0.2, 0.25) is 0 Å². The number of ether oxygens (including phenoxy) is 2. The maximum atomic E-state index is 11.8. The molecule has 3 heteroatoms. The first-order valence-electron chi connectivity index (χ1n) is 6.62. The number of carbonyl (C=O) groups excluding carboxylic acids is 1. The van der Waals surface area contributed by atoms with E-state index in [1.165, 1.54) is 7.11 Å². The van der Waals surface area contributed by atoms with Crippen molar-refractivity contribution >= 4 is 5.97 Å². The predicted octanol–water partition coefficient (Wildman–Crippen LogP) is 3.61. The lowest BCUT2D eigenvalue weighted by Crippen LogP contribution is -2.06. The molecule has 104 valence electrons. The molecule has 0 radical (unpaired) electrons. The maximum Gasteiger partial charge on any atom is 0.341 e. The maximum absolute atomic E-state index is 11.8. The molecule has 0 atom stereocenters. The van der Waals surface area contributed by atoms with E-state index in [4.69, 9.17) is 9.47 Å². The quantitative estimate of drug-likeness (QED) is 0.778. The van der Waals surface area contributed by atoms with Crippen LogP contribution in [0.15, 0.2) is 48.5 Å². The van der Waals surface area contributed by atoms with Gasteiger partial charge in [-0.15, -0.1) is 0 Å². The third-order valence-corrected chi connectivity index (χ3v) is 3.09. The highest BCUT2D eigenvalue weighted by molar-refractivity contribution is 5.92. The molecular weight excluding hydrogens is 252 g/mol. The molecule has 0 saturated carbocycles. The fraction of sp³-hybridized carbons (Fsp3) is 0.235. The molecule has 0 bridgehead atoms. The zero-order valence-corrected chi connectivity index (χ0v) is 11.8. The Kier molecular flexibility index (Phi) is 4.77. The fourth-order valence-electron chi connectivity index (χ4n) is 1.93. The minimum Gasteiger partial charge on any atom is -0.488 e. The first-order valence-corrected chi connectivity index (χ1v) is 6.62. The fourth-order valence-corrected chi connectivity index (χ4v) is 1.93. The molecule has 20 heavy (non-hydrogen) atoms. The number of hydrogen-bond donors (Lipinski definition) is 0. The van der Waals surface area contributed by atoms with Crippen molar-refractivity contribution in [2.24, 2.45) is 0 Å². The largest absolute Gasteiger partial charge is 0.488 e. The van der Waals surface area contributed by atoms with Crippen molar-refractivity contribution in [3.63, 3.8) is 0 Å². The summed E-state index contributed by atoms with van der Waals surface area (Å²) in [4.78, 5) is 11.8. The highest BCUT2D eigenvalue weighted by Crippen LogP contribution is 2.22. The van der Waals surface area contributed by atoms with E-state index in [0.717, 1.165) is 17.5 Å². The van der Waals surface area contributed by atoms with Crippen LogP contribution in [-0.4, -0.2) is 13.1 Å². The molecule has 2 rings (SSSR count). The monoisotopic (exact) mass is 270 g/mol. The molecule has 0 spiro atoms. The Bertz CT molecular complexity index is 576. The summed E-state index contributed by atoms with van der Waals surface area (Å²) in [5, 5.41) is 0. The number of methoxy groups -OCH3 is 1. The van der Waals surface area contributed by atoms with Gasteiger partial charge < -0.3 is 9.47 Å². The van der Waals surface area contributed by atoms with Gasteiger partial charge >= 0.3 is 5.97 Å². The second-order valence-electron chi connectivity index (χ2n) is 4.45. The van der Waals surface area contributed by atoms with Crippen molar-refractivity contribution in [1.29, 1.82) is 0 Å². The van der Waals surface area contributed by atoms with E-state index in [-0.39, 0.29) is 5.97 Å². The Balaban J connectivity index is 2.20. The first kappa shape index (κ1) is 14.1. The van der Waals surface area contributed by atoms with Gasteiger partial charge in [0.25, 0.3) is 0 Å². The summed E-state index contributed by atoms with van der Waals surface area (Å²) in [7, 11) is 1.38. The Morgan fingerprint density at radius 3 is 2.45 bits per heavy atom. The number of hydrogen-bond acceptors (Lipinski definition) is 3. The Labute approximate surface area is 119 Å². The van der Waals surface area contributed by atoms with Gasteiger partial charge in [-0.05, 0) is 29.7 Å². The number of carbonyl (C=O) groups is 1. The number of benzene rings is 2. The summed E-state index contributed by atoms with van der Waals surface area (Å²) in [6.45, 7) is 2.47. The SMILES string of the molecule is CCc1ccc(OCc2ccccc2)c(C(=O)OC)c1. The number of aryl methyl sites for hydroxylation is 1. The molecule has 0 heterocycles. The van der Waals surface area contributed by atoms with E-state index in [1.807, 2.05) is 55.5 Å². The molecule has 2 aromatic carbocycles. The van der Waals surface area contributed by atoms with Gasteiger partial charge in [-0.25, -0.2) is 4.79 Å². The molecule has 0 saturated heterocycles. The average molecular weight is 270 g/mol. The average Bonchev–Trinajstić information content (AvgIpc) is 2.53. The zero-order valence-electron chi connectivity index (χ0n) is 11.8. The normalized spacial score (nSPS) is 10.1. The highest BCUT2D eigenvalue weighted by atomic mass is 16.5. The van der Waals surface area contributed by atoms with Crippen molar-refractivity contribution in [3.8, 4) is 5.75 Å². The molecule has 0 amide bonds. The van der Waals surface area contributed by atoms with Crippen LogP contribution in [0.3, 0.4) is 0 Å². The van der Waals surface area contributed by atoms with Crippen LogP contribution in [0.5, 0.6) is 5.75 Å². The lowest BCUT2D eigenvalue weighted by molar-refractivity contribution is 0.0595. The van der Waals surface area contributed by atoms with Crippen LogP contribution < -0.4 is 4.74 Å². The summed E-state index contributed by atoms with van der Waals surface area (Å²) >= 11 is 0. The van der Waals surface area contributed by atoms with Gasteiger partial charge in [0.1, 0.15) is 17.9 Å². The van der Waals surface area contributed by atoms with E-state index in [9.17, 15) is 4.79 Å².